The van der Waals surface area contributed by atoms with Crippen LogP contribution in [0.25, 0.3) is 0 Å². The van der Waals surface area contributed by atoms with Gasteiger partial charge in [-0.15, -0.1) is 18.3 Å². The predicted octanol–water partition coefficient (Wildman–Crippen LogP) is 1.45. The van der Waals surface area contributed by atoms with Gasteiger partial charge in [0.05, 0.1) is 5.75 Å². The second-order valence-corrected chi connectivity index (χ2v) is 3.73. The van der Waals surface area contributed by atoms with E-state index in [1.165, 1.54) is 0 Å². The van der Waals surface area contributed by atoms with E-state index in [1.54, 1.807) is 17.8 Å². The van der Waals surface area contributed by atoms with Crippen LogP contribution >= 0.6 is 11.8 Å². The highest BCUT2D eigenvalue weighted by molar-refractivity contribution is 8.00. The summed E-state index contributed by atoms with van der Waals surface area (Å²) >= 11 is 1.57. The van der Waals surface area contributed by atoms with Gasteiger partial charge < -0.3 is 10.1 Å². The first-order valence-corrected chi connectivity index (χ1v) is 5.99. The summed E-state index contributed by atoms with van der Waals surface area (Å²) in [5.41, 5.74) is 0. The highest BCUT2D eigenvalue weighted by Gasteiger charge is 1.98. The van der Waals surface area contributed by atoms with Crippen molar-refractivity contribution >= 4 is 17.7 Å². The summed E-state index contributed by atoms with van der Waals surface area (Å²) < 4.78 is 5.14. The van der Waals surface area contributed by atoms with Gasteiger partial charge in [0.2, 0.25) is 5.91 Å². The van der Waals surface area contributed by atoms with Crippen molar-refractivity contribution in [3.05, 3.63) is 12.7 Å². The van der Waals surface area contributed by atoms with Crippen molar-refractivity contribution in [1.29, 1.82) is 0 Å². The summed E-state index contributed by atoms with van der Waals surface area (Å²) in [6.07, 6.45) is 2.68. The van der Waals surface area contributed by atoms with Crippen molar-refractivity contribution in [2.75, 3.05) is 31.3 Å². The monoisotopic (exact) mass is 217 g/mol. The minimum absolute atomic E-state index is 0.0911. The fourth-order valence-electron chi connectivity index (χ4n) is 0.832. The number of nitrogens with one attached hydrogen (secondary N) is 1. The third kappa shape index (κ3) is 9.61. The van der Waals surface area contributed by atoms with Crippen LogP contribution in [0.3, 0.4) is 0 Å². The maximum absolute atomic E-state index is 11.1. The van der Waals surface area contributed by atoms with E-state index in [9.17, 15) is 4.79 Å². The fraction of sp³-hybridized carbons (Fsp3) is 0.700. The van der Waals surface area contributed by atoms with Crippen LogP contribution in [0.4, 0.5) is 0 Å². The van der Waals surface area contributed by atoms with Crippen LogP contribution < -0.4 is 5.32 Å². The Morgan fingerprint density at radius 3 is 3.07 bits per heavy atom. The molecule has 82 valence electrons. The molecule has 0 atom stereocenters. The molecule has 14 heavy (non-hydrogen) atoms. The Hall–Kier alpha value is -0.480. The number of ether oxygens (including phenoxy) is 1. The lowest BCUT2D eigenvalue weighted by Gasteiger charge is -2.04. The molecule has 1 N–H and O–H groups in total. The molecule has 0 aromatic carbocycles. The number of hydrogen-bond acceptors (Lipinski definition) is 3. The molecule has 0 aromatic rings. The highest BCUT2D eigenvalue weighted by Crippen LogP contribution is 1.98. The van der Waals surface area contributed by atoms with E-state index < -0.39 is 0 Å². The number of carbonyl (C=O) groups is 1. The fourth-order valence-corrected chi connectivity index (χ4v) is 1.40. The summed E-state index contributed by atoms with van der Waals surface area (Å²) in [5, 5.41) is 2.83. The number of hydrogen-bond donors (Lipinski definition) is 1. The zero-order valence-corrected chi connectivity index (χ0v) is 9.57. The molecule has 0 spiro atoms. The van der Waals surface area contributed by atoms with Crippen molar-refractivity contribution in [2.45, 2.75) is 13.3 Å². The lowest BCUT2D eigenvalue weighted by Crippen LogP contribution is -2.26. The number of rotatable bonds is 9. The molecule has 0 unspecified atom stereocenters. The summed E-state index contributed by atoms with van der Waals surface area (Å²) in [6.45, 7) is 7.71. The molecular weight excluding hydrogens is 198 g/mol. The Balaban J connectivity index is 3.14. The summed E-state index contributed by atoms with van der Waals surface area (Å²) in [7, 11) is 0. The van der Waals surface area contributed by atoms with Gasteiger partial charge in [0.25, 0.3) is 0 Å². The maximum atomic E-state index is 11.1. The summed E-state index contributed by atoms with van der Waals surface area (Å²) in [6, 6.07) is 0. The van der Waals surface area contributed by atoms with Gasteiger partial charge in [-0.3, -0.25) is 4.79 Å². The maximum Gasteiger partial charge on any atom is 0.230 e. The van der Waals surface area contributed by atoms with Crippen LogP contribution in [0.5, 0.6) is 0 Å². The van der Waals surface area contributed by atoms with Gasteiger partial charge in [-0.25, -0.2) is 0 Å². The van der Waals surface area contributed by atoms with Crippen LogP contribution in [0.1, 0.15) is 13.3 Å². The average Bonchev–Trinajstić information content (AvgIpc) is 2.18. The summed E-state index contributed by atoms with van der Waals surface area (Å²) in [5.74, 6) is 1.43. The molecule has 0 aromatic heterocycles. The van der Waals surface area contributed by atoms with Crippen LogP contribution in [-0.4, -0.2) is 37.2 Å². The molecule has 4 heteroatoms. The number of thioether (sulfide) groups is 1. The average molecular weight is 217 g/mol. The molecule has 1 amide bonds. The van der Waals surface area contributed by atoms with Crippen molar-refractivity contribution in [2.24, 2.45) is 0 Å². The van der Waals surface area contributed by atoms with Gasteiger partial charge in [0, 0.05) is 25.5 Å². The van der Waals surface area contributed by atoms with Crippen LogP contribution in [0, 0.1) is 0 Å². The Morgan fingerprint density at radius 1 is 1.64 bits per heavy atom. The Morgan fingerprint density at radius 2 is 2.43 bits per heavy atom. The molecule has 0 fully saturated rings. The first-order valence-electron chi connectivity index (χ1n) is 4.84. The first-order chi connectivity index (χ1) is 6.81. The highest BCUT2D eigenvalue weighted by atomic mass is 32.2. The van der Waals surface area contributed by atoms with E-state index in [-0.39, 0.29) is 5.91 Å². The van der Waals surface area contributed by atoms with Gasteiger partial charge in [0.1, 0.15) is 0 Å². The smallest absolute Gasteiger partial charge is 0.230 e. The first kappa shape index (κ1) is 13.5. The van der Waals surface area contributed by atoms with Crippen LogP contribution in [-0.2, 0) is 9.53 Å². The van der Waals surface area contributed by atoms with E-state index >= 15 is 0 Å². The minimum atomic E-state index is 0.0911. The molecule has 0 saturated heterocycles. The third-order valence-electron chi connectivity index (χ3n) is 1.46. The summed E-state index contributed by atoms with van der Waals surface area (Å²) in [4.78, 5) is 11.1. The van der Waals surface area contributed by atoms with Crippen molar-refractivity contribution in [3.63, 3.8) is 0 Å². The Labute approximate surface area is 90.3 Å². The Bertz CT molecular complexity index is 162. The van der Waals surface area contributed by atoms with E-state index in [1.807, 2.05) is 6.92 Å². The number of carbonyl (C=O) groups excluding carboxylic acids is 1. The van der Waals surface area contributed by atoms with Crippen molar-refractivity contribution in [1.82, 2.24) is 5.32 Å². The van der Waals surface area contributed by atoms with E-state index in [4.69, 9.17) is 4.74 Å². The van der Waals surface area contributed by atoms with Crippen LogP contribution in [0.15, 0.2) is 12.7 Å². The molecule has 0 bridgehead atoms. The van der Waals surface area contributed by atoms with Gasteiger partial charge in [-0.2, -0.15) is 0 Å². The molecule has 0 radical (unpaired) electrons. The second-order valence-electron chi connectivity index (χ2n) is 2.70. The third-order valence-corrected chi connectivity index (χ3v) is 2.40. The SMILES string of the molecule is C=CCSCC(=O)NCCCOCC. The van der Waals surface area contributed by atoms with Gasteiger partial charge >= 0.3 is 0 Å². The number of amides is 1. The molecule has 0 saturated carbocycles. The van der Waals surface area contributed by atoms with E-state index in [2.05, 4.69) is 11.9 Å². The van der Waals surface area contributed by atoms with Gasteiger partial charge in [0.15, 0.2) is 0 Å². The molecule has 0 aliphatic rings. The lowest BCUT2D eigenvalue weighted by atomic mass is 10.4. The van der Waals surface area contributed by atoms with E-state index in [0.717, 1.165) is 25.4 Å². The second kappa shape index (κ2) is 10.6. The molecule has 0 rings (SSSR count). The lowest BCUT2D eigenvalue weighted by molar-refractivity contribution is -0.118. The minimum Gasteiger partial charge on any atom is -0.382 e. The van der Waals surface area contributed by atoms with E-state index in [0.29, 0.717) is 12.3 Å². The van der Waals surface area contributed by atoms with Crippen molar-refractivity contribution < 1.29 is 9.53 Å². The quantitative estimate of drug-likeness (QED) is 0.469. The van der Waals surface area contributed by atoms with Gasteiger partial charge in [-0.1, -0.05) is 6.08 Å². The Kier molecular flexibility index (Phi) is 10.2. The normalized spacial score (nSPS) is 9.79. The molecule has 3 nitrogen and oxygen atoms in total. The molecular formula is C10H19NO2S. The topological polar surface area (TPSA) is 38.3 Å². The van der Waals surface area contributed by atoms with Crippen molar-refractivity contribution in [3.8, 4) is 0 Å². The predicted molar refractivity (Wildman–Crippen MR) is 61.6 cm³/mol. The molecule has 0 heterocycles. The van der Waals surface area contributed by atoms with Gasteiger partial charge in [-0.05, 0) is 13.3 Å². The standard InChI is InChI=1S/C10H19NO2S/c1-3-8-14-9-10(12)11-6-5-7-13-4-2/h3H,1,4-9H2,2H3,(H,11,12). The largest absolute Gasteiger partial charge is 0.382 e. The zero-order chi connectivity index (χ0) is 10.6. The molecule has 0 aliphatic carbocycles. The van der Waals surface area contributed by atoms with Crippen LogP contribution in [0.2, 0.25) is 0 Å². The zero-order valence-electron chi connectivity index (χ0n) is 8.75. The molecule has 0 aliphatic heterocycles.